The number of urea groups is 1. The Labute approximate surface area is 116 Å². The van der Waals surface area contributed by atoms with Crippen molar-refractivity contribution in [3.8, 4) is 0 Å². The molecule has 0 aromatic rings. The van der Waals surface area contributed by atoms with Crippen LogP contribution in [0.1, 0.15) is 27.2 Å². The van der Waals surface area contributed by atoms with Gasteiger partial charge in [0.2, 0.25) is 0 Å². The molecule has 112 valence electrons. The fourth-order valence-corrected chi connectivity index (χ4v) is 1.65. The van der Waals surface area contributed by atoms with E-state index >= 15 is 0 Å². The van der Waals surface area contributed by atoms with Crippen molar-refractivity contribution < 1.29 is 14.7 Å². The van der Waals surface area contributed by atoms with Gasteiger partial charge in [0.15, 0.2) is 0 Å². The van der Waals surface area contributed by atoms with E-state index in [-0.39, 0.29) is 12.6 Å². The molecule has 0 radical (unpaired) electrons. The van der Waals surface area contributed by atoms with Gasteiger partial charge in [-0.2, -0.15) is 0 Å². The van der Waals surface area contributed by atoms with Gasteiger partial charge in [-0.25, -0.2) is 4.79 Å². The lowest BCUT2D eigenvalue weighted by Gasteiger charge is -2.37. The first-order chi connectivity index (χ1) is 8.55. The zero-order valence-corrected chi connectivity index (χ0v) is 12.9. The molecule has 0 aliphatic heterocycles. The zero-order chi connectivity index (χ0) is 15.2. The molecule has 0 aromatic heterocycles. The van der Waals surface area contributed by atoms with Crippen molar-refractivity contribution in [3.05, 3.63) is 0 Å². The number of rotatable bonds is 6. The summed E-state index contributed by atoms with van der Waals surface area (Å²) in [4.78, 5) is 28.2. The van der Waals surface area contributed by atoms with Crippen LogP contribution < -0.4 is 0 Å². The van der Waals surface area contributed by atoms with Crippen LogP contribution in [0.5, 0.6) is 0 Å². The van der Waals surface area contributed by atoms with Crippen molar-refractivity contribution in [1.29, 1.82) is 0 Å². The lowest BCUT2D eigenvalue weighted by molar-refractivity contribution is -0.138. The standard InChI is InChI=1S/C13H27N3O3/c1-13(2,3)16(10-11(17)18)12(19)15(6)9-7-8-14(4)5/h7-10H2,1-6H3,(H,17,18). The first-order valence-electron chi connectivity index (χ1n) is 6.45. The molecule has 0 atom stereocenters. The number of carbonyl (C=O) groups is 2. The van der Waals surface area contributed by atoms with Gasteiger partial charge in [0.25, 0.3) is 0 Å². The summed E-state index contributed by atoms with van der Waals surface area (Å²) in [7, 11) is 5.67. The SMILES string of the molecule is CN(C)CCCN(C)C(=O)N(CC(=O)O)C(C)(C)C. The zero-order valence-electron chi connectivity index (χ0n) is 12.9. The highest BCUT2D eigenvalue weighted by atomic mass is 16.4. The van der Waals surface area contributed by atoms with Crippen molar-refractivity contribution >= 4 is 12.0 Å². The van der Waals surface area contributed by atoms with Crippen molar-refractivity contribution in [1.82, 2.24) is 14.7 Å². The van der Waals surface area contributed by atoms with Crippen molar-refractivity contribution in [3.63, 3.8) is 0 Å². The third-order valence-electron chi connectivity index (χ3n) is 2.76. The van der Waals surface area contributed by atoms with Crippen LogP contribution in [0.3, 0.4) is 0 Å². The monoisotopic (exact) mass is 273 g/mol. The maximum Gasteiger partial charge on any atom is 0.323 e. The molecule has 19 heavy (non-hydrogen) atoms. The van der Waals surface area contributed by atoms with Crippen molar-refractivity contribution in [2.24, 2.45) is 0 Å². The molecule has 1 N–H and O–H groups in total. The van der Waals surface area contributed by atoms with E-state index in [0.29, 0.717) is 6.54 Å². The van der Waals surface area contributed by atoms with E-state index in [1.54, 1.807) is 11.9 Å². The van der Waals surface area contributed by atoms with Crippen LogP contribution >= 0.6 is 0 Å². The van der Waals surface area contributed by atoms with E-state index < -0.39 is 11.5 Å². The van der Waals surface area contributed by atoms with Crippen LogP contribution in [0.4, 0.5) is 4.79 Å². The number of carboxylic acids is 1. The highest BCUT2D eigenvalue weighted by Crippen LogP contribution is 2.15. The Morgan fingerprint density at radius 1 is 1.05 bits per heavy atom. The second-order valence-corrected chi connectivity index (χ2v) is 6.01. The van der Waals surface area contributed by atoms with E-state index in [4.69, 9.17) is 5.11 Å². The third-order valence-corrected chi connectivity index (χ3v) is 2.76. The molecule has 0 saturated heterocycles. The molecule has 0 aromatic carbocycles. The number of carboxylic acid groups (broad SMARTS) is 1. The number of hydrogen-bond acceptors (Lipinski definition) is 3. The fourth-order valence-electron chi connectivity index (χ4n) is 1.65. The summed E-state index contributed by atoms with van der Waals surface area (Å²) in [5, 5.41) is 8.91. The second kappa shape index (κ2) is 7.33. The quantitative estimate of drug-likeness (QED) is 0.789. The number of nitrogens with zero attached hydrogens (tertiary/aromatic N) is 3. The van der Waals surface area contributed by atoms with E-state index in [1.807, 2.05) is 34.9 Å². The maximum atomic E-state index is 12.3. The predicted octanol–water partition coefficient (Wildman–Crippen LogP) is 1.17. The molecule has 0 heterocycles. The predicted molar refractivity (Wildman–Crippen MR) is 75.3 cm³/mol. The molecule has 0 unspecified atom stereocenters. The largest absolute Gasteiger partial charge is 0.480 e. The highest BCUT2D eigenvalue weighted by Gasteiger charge is 2.30. The van der Waals surface area contributed by atoms with Crippen LogP contribution in [-0.2, 0) is 4.79 Å². The molecular weight excluding hydrogens is 246 g/mol. The molecular formula is C13H27N3O3. The van der Waals surface area contributed by atoms with Crippen LogP contribution in [0.25, 0.3) is 0 Å². The number of hydrogen-bond donors (Lipinski definition) is 1. The summed E-state index contributed by atoms with van der Waals surface area (Å²) >= 11 is 0. The van der Waals surface area contributed by atoms with Gasteiger partial charge >= 0.3 is 12.0 Å². The number of carbonyl (C=O) groups excluding carboxylic acids is 1. The summed E-state index contributed by atoms with van der Waals surface area (Å²) in [5.74, 6) is -0.995. The summed E-state index contributed by atoms with van der Waals surface area (Å²) < 4.78 is 0. The third kappa shape index (κ3) is 7.00. The molecule has 6 nitrogen and oxygen atoms in total. The molecule has 0 fully saturated rings. The Morgan fingerprint density at radius 2 is 1.58 bits per heavy atom. The van der Waals surface area contributed by atoms with Gasteiger partial charge < -0.3 is 19.8 Å². The normalized spacial score (nSPS) is 11.5. The van der Waals surface area contributed by atoms with E-state index in [9.17, 15) is 9.59 Å². The topological polar surface area (TPSA) is 64.1 Å². The van der Waals surface area contributed by atoms with Crippen LogP contribution in [0, 0.1) is 0 Å². The molecule has 0 aliphatic rings. The van der Waals surface area contributed by atoms with Crippen LogP contribution in [0.2, 0.25) is 0 Å². The Hall–Kier alpha value is -1.30. The molecule has 0 rings (SSSR count). The summed E-state index contributed by atoms with van der Waals surface area (Å²) in [5.41, 5.74) is -0.509. The van der Waals surface area contributed by atoms with E-state index in [2.05, 4.69) is 4.90 Å². The Bertz CT molecular complexity index is 311. The Kier molecular flexibility index (Phi) is 6.83. The number of amides is 2. The van der Waals surface area contributed by atoms with Crippen molar-refractivity contribution in [2.75, 3.05) is 40.8 Å². The minimum absolute atomic E-state index is 0.242. The summed E-state index contributed by atoms with van der Waals surface area (Å²) in [6.45, 7) is 6.74. The van der Waals surface area contributed by atoms with E-state index in [0.717, 1.165) is 13.0 Å². The van der Waals surface area contributed by atoms with E-state index in [1.165, 1.54) is 4.90 Å². The summed E-state index contributed by atoms with van der Waals surface area (Å²) in [6, 6.07) is -0.242. The maximum absolute atomic E-state index is 12.3. The number of aliphatic carboxylic acids is 1. The average Bonchev–Trinajstić information content (AvgIpc) is 2.22. The van der Waals surface area contributed by atoms with Gasteiger partial charge in [0, 0.05) is 19.1 Å². The first-order valence-corrected chi connectivity index (χ1v) is 6.45. The lowest BCUT2D eigenvalue weighted by Crippen LogP contribution is -2.53. The minimum Gasteiger partial charge on any atom is -0.480 e. The van der Waals surface area contributed by atoms with Gasteiger partial charge in [-0.1, -0.05) is 0 Å². The van der Waals surface area contributed by atoms with Gasteiger partial charge in [0.05, 0.1) is 0 Å². The van der Waals surface area contributed by atoms with Crippen molar-refractivity contribution in [2.45, 2.75) is 32.7 Å². The smallest absolute Gasteiger partial charge is 0.323 e. The first kappa shape index (κ1) is 17.7. The summed E-state index contributed by atoms with van der Waals surface area (Å²) in [6.07, 6.45) is 0.861. The Morgan fingerprint density at radius 3 is 1.95 bits per heavy atom. The fraction of sp³-hybridized carbons (Fsp3) is 0.846. The second-order valence-electron chi connectivity index (χ2n) is 6.01. The van der Waals surface area contributed by atoms with Crippen LogP contribution in [0.15, 0.2) is 0 Å². The van der Waals surface area contributed by atoms with Gasteiger partial charge in [0.1, 0.15) is 6.54 Å². The minimum atomic E-state index is -0.995. The van der Waals surface area contributed by atoms with Gasteiger partial charge in [-0.3, -0.25) is 4.79 Å². The Balaban J connectivity index is 4.57. The molecule has 6 heteroatoms. The van der Waals surface area contributed by atoms with Gasteiger partial charge in [-0.15, -0.1) is 0 Å². The molecule has 2 amide bonds. The average molecular weight is 273 g/mol. The molecule has 0 saturated carbocycles. The van der Waals surface area contributed by atoms with Gasteiger partial charge in [-0.05, 0) is 47.8 Å². The molecule has 0 spiro atoms. The lowest BCUT2D eigenvalue weighted by atomic mass is 10.1. The molecule has 0 bridgehead atoms. The highest BCUT2D eigenvalue weighted by molar-refractivity contribution is 5.80. The molecule has 0 aliphatic carbocycles. The van der Waals surface area contributed by atoms with Crippen LogP contribution in [-0.4, -0.2) is 78.1 Å².